The summed E-state index contributed by atoms with van der Waals surface area (Å²) in [7, 11) is 1.68. The number of fused-ring (bicyclic) bond motifs is 5. The minimum Gasteiger partial charge on any atom is -0.477 e. The van der Waals surface area contributed by atoms with Gasteiger partial charge in [-0.2, -0.15) is 0 Å². The van der Waals surface area contributed by atoms with Gasteiger partial charge in [0.15, 0.2) is 5.78 Å². The Morgan fingerprint density at radius 3 is 2.42 bits per heavy atom. The van der Waals surface area contributed by atoms with Crippen molar-refractivity contribution in [3.63, 3.8) is 0 Å². The van der Waals surface area contributed by atoms with E-state index in [9.17, 15) is 9.59 Å². The van der Waals surface area contributed by atoms with Crippen LogP contribution in [0.3, 0.4) is 0 Å². The molecule has 3 fully saturated rings. The second-order valence-corrected chi connectivity index (χ2v) is 6.41. The van der Waals surface area contributed by atoms with Gasteiger partial charge in [0, 0.05) is 24.7 Å². The molecule has 0 saturated heterocycles. The van der Waals surface area contributed by atoms with Gasteiger partial charge in [-0.15, -0.1) is 0 Å². The van der Waals surface area contributed by atoms with Crippen molar-refractivity contribution in [2.75, 3.05) is 0 Å². The molecule has 0 radical (unpaired) electrons. The monoisotopic (exact) mass is 259 g/mol. The van der Waals surface area contributed by atoms with Crippen molar-refractivity contribution < 1.29 is 14.7 Å². The lowest BCUT2D eigenvalue weighted by molar-refractivity contribution is 0.0686. The minimum absolute atomic E-state index is 0.176. The van der Waals surface area contributed by atoms with Gasteiger partial charge in [0.2, 0.25) is 0 Å². The Hall–Kier alpha value is -1.58. The summed E-state index contributed by atoms with van der Waals surface area (Å²) < 4.78 is 1.53. The summed E-state index contributed by atoms with van der Waals surface area (Å²) in [5.74, 6) is 2.15. The molecule has 1 N–H and O–H groups in total. The number of carboxylic acid groups (broad SMARTS) is 1. The van der Waals surface area contributed by atoms with Gasteiger partial charge in [-0.1, -0.05) is 0 Å². The predicted octanol–water partition coefficient (Wildman–Crippen LogP) is 2.20. The Morgan fingerprint density at radius 2 is 1.89 bits per heavy atom. The molecule has 3 saturated carbocycles. The van der Waals surface area contributed by atoms with E-state index < -0.39 is 5.97 Å². The van der Waals surface area contributed by atoms with Crippen molar-refractivity contribution in [2.45, 2.75) is 19.3 Å². The highest BCUT2D eigenvalue weighted by Gasteiger charge is 2.67. The highest BCUT2D eigenvalue weighted by Crippen LogP contribution is 2.69. The van der Waals surface area contributed by atoms with Gasteiger partial charge in [0.1, 0.15) is 5.69 Å². The zero-order chi connectivity index (χ0) is 13.3. The van der Waals surface area contributed by atoms with E-state index >= 15 is 0 Å². The third-order valence-electron chi connectivity index (χ3n) is 5.55. The summed E-state index contributed by atoms with van der Waals surface area (Å²) >= 11 is 0. The van der Waals surface area contributed by atoms with Crippen LogP contribution in [-0.4, -0.2) is 21.4 Å². The Morgan fingerprint density at radius 1 is 1.26 bits per heavy atom. The molecule has 0 amide bonds. The van der Waals surface area contributed by atoms with Gasteiger partial charge in [-0.3, -0.25) is 4.79 Å². The number of rotatable bonds is 3. The van der Waals surface area contributed by atoms with Crippen LogP contribution in [0.1, 0.15) is 40.1 Å². The first-order chi connectivity index (χ1) is 9.08. The third-order valence-corrected chi connectivity index (χ3v) is 5.55. The van der Waals surface area contributed by atoms with Crippen LogP contribution in [0, 0.1) is 29.6 Å². The first-order valence-electron chi connectivity index (χ1n) is 7.02. The topological polar surface area (TPSA) is 59.3 Å². The molecule has 4 nitrogen and oxygen atoms in total. The number of aromatic nitrogens is 1. The van der Waals surface area contributed by atoms with Crippen LogP contribution in [0.15, 0.2) is 12.3 Å². The summed E-state index contributed by atoms with van der Waals surface area (Å²) in [5, 5.41) is 9.04. The number of nitrogens with zero attached hydrogens (tertiary/aromatic N) is 1. The molecular weight excluding hydrogens is 242 g/mol. The molecule has 1 aromatic heterocycles. The van der Waals surface area contributed by atoms with Gasteiger partial charge in [-0.25, -0.2) is 4.79 Å². The van der Waals surface area contributed by atoms with Crippen molar-refractivity contribution in [2.24, 2.45) is 36.6 Å². The third kappa shape index (κ3) is 1.40. The average Bonchev–Trinajstić information content (AvgIpc) is 2.73. The minimum atomic E-state index is -0.974. The number of carboxylic acids is 1. The van der Waals surface area contributed by atoms with E-state index in [1.165, 1.54) is 29.9 Å². The van der Waals surface area contributed by atoms with E-state index in [2.05, 4.69) is 0 Å². The molecule has 2 bridgehead atoms. The van der Waals surface area contributed by atoms with E-state index in [0.29, 0.717) is 17.4 Å². The molecule has 4 atom stereocenters. The fourth-order valence-electron chi connectivity index (χ4n) is 4.78. The molecule has 4 unspecified atom stereocenters. The molecule has 1 heterocycles. The van der Waals surface area contributed by atoms with Crippen LogP contribution in [0.2, 0.25) is 0 Å². The Kier molecular flexibility index (Phi) is 2.07. The first kappa shape index (κ1) is 11.3. The Balaban J connectivity index is 1.59. The molecule has 0 spiro atoms. The molecule has 1 aromatic rings. The van der Waals surface area contributed by atoms with Crippen LogP contribution in [0.5, 0.6) is 0 Å². The molecule has 0 aliphatic heterocycles. The number of hydrogen-bond donors (Lipinski definition) is 1. The molecular formula is C15H17NO3. The van der Waals surface area contributed by atoms with Crippen LogP contribution in [-0.2, 0) is 7.05 Å². The lowest BCUT2D eigenvalue weighted by atomic mass is 9.97. The molecule has 19 heavy (non-hydrogen) atoms. The summed E-state index contributed by atoms with van der Waals surface area (Å²) in [6, 6.07) is 1.53. The summed E-state index contributed by atoms with van der Waals surface area (Å²) in [6.45, 7) is 0. The molecule has 4 heteroatoms. The van der Waals surface area contributed by atoms with Crippen LogP contribution in [0.25, 0.3) is 0 Å². The van der Waals surface area contributed by atoms with Crippen molar-refractivity contribution in [1.82, 2.24) is 4.57 Å². The van der Waals surface area contributed by atoms with E-state index in [-0.39, 0.29) is 17.4 Å². The highest BCUT2D eigenvalue weighted by molar-refractivity contribution is 6.02. The van der Waals surface area contributed by atoms with E-state index in [0.717, 1.165) is 11.8 Å². The number of ketones is 1. The first-order valence-corrected chi connectivity index (χ1v) is 7.02. The Bertz CT molecular complexity index is 572. The van der Waals surface area contributed by atoms with Crippen molar-refractivity contribution in [3.8, 4) is 0 Å². The maximum atomic E-state index is 12.5. The molecule has 100 valence electrons. The van der Waals surface area contributed by atoms with Gasteiger partial charge in [0.05, 0.1) is 0 Å². The van der Waals surface area contributed by atoms with Crippen LogP contribution >= 0.6 is 0 Å². The lowest BCUT2D eigenvalue weighted by Crippen LogP contribution is -2.09. The second kappa shape index (κ2) is 3.50. The predicted molar refractivity (Wildman–Crippen MR) is 68.0 cm³/mol. The summed E-state index contributed by atoms with van der Waals surface area (Å²) in [4.78, 5) is 23.5. The zero-order valence-electron chi connectivity index (χ0n) is 10.9. The maximum Gasteiger partial charge on any atom is 0.352 e. The van der Waals surface area contributed by atoms with E-state index in [1.54, 1.807) is 13.2 Å². The van der Waals surface area contributed by atoms with Crippen molar-refractivity contribution in [3.05, 3.63) is 23.5 Å². The molecule has 0 aromatic carbocycles. The normalized spacial score (nSPS) is 38.3. The SMILES string of the molecule is Cn1cc(C(=O)C2C3C4CCC(C4)C23)cc1C(=O)O. The van der Waals surface area contributed by atoms with Gasteiger partial charge in [-0.05, 0) is 49.0 Å². The summed E-state index contributed by atoms with van der Waals surface area (Å²) in [6.07, 6.45) is 5.59. The van der Waals surface area contributed by atoms with Gasteiger partial charge >= 0.3 is 5.97 Å². The quantitative estimate of drug-likeness (QED) is 0.846. The number of Topliss-reactive ketones (excluding diaryl/α,β-unsaturated/α-hetero) is 1. The maximum absolute atomic E-state index is 12.5. The molecule has 4 rings (SSSR count). The van der Waals surface area contributed by atoms with Crippen LogP contribution < -0.4 is 0 Å². The van der Waals surface area contributed by atoms with Crippen molar-refractivity contribution >= 4 is 11.8 Å². The molecule has 3 aliphatic carbocycles. The average molecular weight is 259 g/mol. The van der Waals surface area contributed by atoms with Gasteiger partial charge in [0.25, 0.3) is 0 Å². The number of carbonyl (C=O) groups excluding carboxylic acids is 1. The highest BCUT2D eigenvalue weighted by atomic mass is 16.4. The Labute approximate surface area is 111 Å². The fourth-order valence-corrected chi connectivity index (χ4v) is 4.78. The smallest absolute Gasteiger partial charge is 0.352 e. The lowest BCUT2D eigenvalue weighted by Gasteiger charge is -2.06. The van der Waals surface area contributed by atoms with Crippen molar-refractivity contribution in [1.29, 1.82) is 0 Å². The number of hydrogen-bond acceptors (Lipinski definition) is 2. The van der Waals surface area contributed by atoms with Crippen LogP contribution in [0.4, 0.5) is 0 Å². The number of aromatic carboxylic acids is 1. The molecule has 3 aliphatic rings. The second-order valence-electron chi connectivity index (χ2n) is 6.41. The fraction of sp³-hybridized carbons (Fsp3) is 0.600. The van der Waals surface area contributed by atoms with Gasteiger partial charge < -0.3 is 9.67 Å². The standard InChI is InChI=1S/C15H17NO3/c1-16-6-9(5-10(16)15(18)19)14(17)13-11-7-2-3-8(4-7)12(11)13/h5-8,11-13H,2-4H2,1H3,(H,18,19). The summed E-state index contributed by atoms with van der Waals surface area (Å²) in [5.41, 5.74) is 0.774. The van der Waals surface area contributed by atoms with E-state index in [1.807, 2.05) is 0 Å². The van der Waals surface area contributed by atoms with E-state index in [4.69, 9.17) is 5.11 Å². The number of aryl methyl sites for hydroxylation is 1. The zero-order valence-corrected chi connectivity index (χ0v) is 10.9. The number of carbonyl (C=O) groups is 2. The largest absolute Gasteiger partial charge is 0.477 e.